The van der Waals surface area contributed by atoms with Crippen molar-refractivity contribution in [2.75, 3.05) is 0 Å². The maximum Gasteiger partial charge on any atom is 0.105 e. The van der Waals surface area contributed by atoms with Gasteiger partial charge < -0.3 is 5.11 Å². The molecule has 0 aliphatic carbocycles. The highest BCUT2D eigenvalue weighted by atomic mass is 79.9. The fourth-order valence-corrected chi connectivity index (χ4v) is 2.44. The van der Waals surface area contributed by atoms with Crippen molar-refractivity contribution in [1.29, 1.82) is 0 Å². The fraction of sp³-hybridized carbons (Fsp3) is 0.250. The van der Waals surface area contributed by atoms with Crippen molar-refractivity contribution >= 4 is 15.9 Å². The van der Waals surface area contributed by atoms with E-state index in [1.165, 1.54) is 5.56 Å². The van der Waals surface area contributed by atoms with E-state index in [9.17, 15) is 5.11 Å². The summed E-state index contributed by atoms with van der Waals surface area (Å²) in [6.07, 6.45) is -0.582. The summed E-state index contributed by atoms with van der Waals surface area (Å²) in [5.74, 6) is 0.514. The predicted octanol–water partition coefficient (Wildman–Crippen LogP) is 4.65. The molecule has 0 aromatic heterocycles. The van der Waals surface area contributed by atoms with Crippen molar-refractivity contribution < 1.29 is 5.11 Å². The van der Waals surface area contributed by atoms with Gasteiger partial charge in [0.15, 0.2) is 0 Å². The molecule has 2 aromatic carbocycles. The predicted molar refractivity (Wildman–Crippen MR) is 78.7 cm³/mol. The van der Waals surface area contributed by atoms with Crippen LogP contribution in [0.2, 0.25) is 0 Å². The number of hydrogen-bond donors (Lipinski definition) is 1. The van der Waals surface area contributed by atoms with Crippen LogP contribution in [0, 0.1) is 0 Å². The minimum absolute atomic E-state index is 0.514. The molecule has 0 heterocycles. The van der Waals surface area contributed by atoms with Crippen LogP contribution in [0.1, 0.15) is 42.6 Å². The van der Waals surface area contributed by atoms with Crippen molar-refractivity contribution in [3.63, 3.8) is 0 Å². The molecule has 0 unspecified atom stereocenters. The molecule has 0 saturated heterocycles. The van der Waals surface area contributed by atoms with E-state index in [-0.39, 0.29) is 0 Å². The number of benzene rings is 2. The first-order valence-corrected chi connectivity index (χ1v) is 6.91. The van der Waals surface area contributed by atoms with E-state index in [0.29, 0.717) is 5.92 Å². The molecule has 0 spiro atoms. The van der Waals surface area contributed by atoms with Gasteiger partial charge in [0.2, 0.25) is 0 Å². The minimum atomic E-state index is -0.582. The van der Waals surface area contributed by atoms with Gasteiger partial charge in [-0.25, -0.2) is 0 Å². The highest BCUT2D eigenvalue weighted by Gasteiger charge is 2.13. The van der Waals surface area contributed by atoms with Gasteiger partial charge in [0, 0.05) is 4.47 Å². The van der Waals surface area contributed by atoms with Crippen molar-refractivity contribution in [3.05, 3.63) is 69.7 Å². The first-order chi connectivity index (χ1) is 8.59. The first kappa shape index (κ1) is 13.3. The van der Waals surface area contributed by atoms with Gasteiger partial charge in [0.05, 0.1) is 0 Å². The van der Waals surface area contributed by atoms with Gasteiger partial charge in [-0.1, -0.05) is 72.2 Å². The lowest BCUT2D eigenvalue weighted by atomic mass is 9.97. The molecule has 2 rings (SSSR count). The van der Waals surface area contributed by atoms with E-state index in [0.717, 1.165) is 15.6 Å². The smallest absolute Gasteiger partial charge is 0.105 e. The van der Waals surface area contributed by atoms with E-state index >= 15 is 0 Å². The number of halogens is 1. The molecule has 0 saturated carbocycles. The number of rotatable bonds is 3. The SMILES string of the molecule is CC(C)c1ccc([C@H](O)c2ccccc2Br)cc1. The van der Waals surface area contributed by atoms with Crippen LogP contribution in [0.5, 0.6) is 0 Å². The molecular weight excluding hydrogens is 288 g/mol. The Kier molecular flexibility index (Phi) is 4.20. The van der Waals surface area contributed by atoms with Crippen LogP contribution in [0.25, 0.3) is 0 Å². The normalized spacial score (nSPS) is 12.7. The Labute approximate surface area is 117 Å². The zero-order valence-corrected chi connectivity index (χ0v) is 12.2. The maximum absolute atomic E-state index is 10.4. The molecule has 0 amide bonds. The molecule has 0 aliphatic rings. The van der Waals surface area contributed by atoms with E-state index < -0.39 is 6.10 Å². The lowest BCUT2D eigenvalue weighted by Gasteiger charge is -2.14. The summed E-state index contributed by atoms with van der Waals surface area (Å²) in [5, 5.41) is 10.4. The first-order valence-electron chi connectivity index (χ1n) is 6.12. The Morgan fingerprint density at radius 1 is 0.889 bits per heavy atom. The van der Waals surface area contributed by atoms with E-state index in [1.54, 1.807) is 0 Å². The van der Waals surface area contributed by atoms with Gasteiger partial charge in [-0.2, -0.15) is 0 Å². The lowest BCUT2D eigenvalue weighted by Crippen LogP contribution is -2.01. The molecule has 1 atom stereocenters. The van der Waals surface area contributed by atoms with Crippen LogP contribution in [0.15, 0.2) is 53.0 Å². The topological polar surface area (TPSA) is 20.2 Å². The Hall–Kier alpha value is -1.12. The summed E-state index contributed by atoms with van der Waals surface area (Å²) in [5.41, 5.74) is 3.11. The molecule has 0 aliphatic heterocycles. The third-order valence-corrected chi connectivity index (χ3v) is 3.84. The third kappa shape index (κ3) is 2.82. The molecule has 0 fully saturated rings. The summed E-state index contributed by atoms with van der Waals surface area (Å²) < 4.78 is 0.936. The Balaban J connectivity index is 2.29. The van der Waals surface area contributed by atoms with Crippen molar-refractivity contribution in [2.45, 2.75) is 25.9 Å². The van der Waals surface area contributed by atoms with Crippen LogP contribution >= 0.6 is 15.9 Å². The molecule has 2 heteroatoms. The molecule has 0 radical (unpaired) electrons. The molecule has 0 bridgehead atoms. The Morgan fingerprint density at radius 3 is 2.00 bits per heavy atom. The average Bonchev–Trinajstić information content (AvgIpc) is 2.38. The molecular formula is C16H17BrO. The lowest BCUT2D eigenvalue weighted by molar-refractivity contribution is 0.219. The Morgan fingerprint density at radius 2 is 1.44 bits per heavy atom. The van der Waals surface area contributed by atoms with E-state index in [4.69, 9.17) is 0 Å². The number of aliphatic hydroxyl groups excluding tert-OH is 1. The van der Waals surface area contributed by atoms with Crippen molar-refractivity contribution in [2.24, 2.45) is 0 Å². The zero-order chi connectivity index (χ0) is 13.1. The summed E-state index contributed by atoms with van der Waals surface area (Å²) in [6.45, 7) is 4.33. The summed E-state index contributed by atoms with van der Waals surface area (Å²) in [7, 11) is 0. The van der Waals surface area contributed by atoms with Gasteiger partial charge in [-0.3, -0.25) is 0 Å². The largest absolute Gasteiger partial charge is 0.384 e. The second-order valence-corrected chi connectivity index (χ2v) is 5.60. The molecule has 1 N–H and O–H groups in total. The standard InChI is InChI=1S/C16H17BrO/c1-11(2)12-7-9-13(10-8-12)16(18)14-5-3-4-6-15(14)17/h3-11,16,18H,1-2H3/t16-/m0/s1. The quantitative estimate of drug-likeness (QED) is 0.875. The van der Waals surface area contributed by atoms with Crippen molar-refractivity contribution in [3.8, 4) is 0 Å². The van der Waals surface area contributed by atoms with E-state index in [2.05, 4.69) is 41.9 Å². The van der Waals surface area contributed by atoms with Crippen LogP contribution < -0.4 is 0 Å². The highest BCUT2D eigenvalue weighted by Crippen LogP contribution is 2.29. The monoisotopic (exact) mass is 304 g/mol. The minimum Gasteiger partial charge on any atom is -0.384 e. The zero-order valence-electron chi connectivity index (χ0n) is 10.6. The maximum atomic E-state index is 10.4. The van der Waals surface area contributed by atoms with Crippen LogP contribution in [0.4, 0.5) is 0 Å². The van der Waals surface area contributed by atoms with Crippen LogP contribution in [-0.4, -0.2) is 5.11 Å². The highest BCUT2D eigenvalue weighted by molar-refractivity contribution is 9.10. The molecule has 1 nitrogen and oxygen atoms in total. The van der Waals surface area contributed by atoms with Gasteiger partial charge in [-0.05, 0) is 28.7 Å². The van der Waals surface area contributed by atoms with Gasteiger partial charge in [0.25, 0.3) is 0 Å². The average molecular weight is 305 g/mol. The summed E-state index contributed by atoms with van der Waals surface area (Å²) in [6, 6.07) is 15.9. The fourth-order valence-electron chi connectivity index (χ4n) is 1.94. The van der Waals surface area contributed by atoms with Crippen LogP contribution in [-0.2, 0) is 0 Å². The molecule has 18 heavy (non-hydrogen) atoms. The molecule has 94 valence electrons. The van der Waals surface area contributed by atoms with Crippen molar-refractivity contribution in [1.82, 2.24) is 0 Å². The van der Waals surface area contributed by atoms with Gasteiger partial charge in [0.1, 0.15) is 6.10 Å². The summed E-state index contributed by atoms with van der Waals surface area (Å²) in [4.78, 5) is 0. The second-order valence-electron chi connectivity index (χ2n) is 4.75. The third-order valence-electron chi connectivity index (χ3n) is 3.12. The van der Waals surface area contributed by atoms with Crippen LogP contribution in [0.3, 0.4) is 0 Å². The number of hydrogen-bond acceptors (Lipinski definition) is 1. The summed E-state index contributed by atoms with van der Waals surface area (Å²) >= 11 is 3.47. The van der Waals surface area contributed by atoms with Gasteiger partial charge >= 0.3 is 0 Å². The van der Waals surface area contributed by atoms with Gasteiger partial charge in [-0.15, -0.1) is 0 Å². The van der Waals surface area contributed by atoms with E-state index in [1.807, 2.05) is 36.4 Å². The Bertz CT molecular complexity index is 517. The number of aliphatic hydroxyl groups is 1. The second kappa shape index (κ2) is 5.68. The molecule has 2 aromatic rings.